The van der Waals surface area contributed by atoms with Gasteiger partial charge in [0, 0.05) is 19.0 Å². The van der Waals surface area contributed by atoms with Crippen molar-refractivity contribution in [3.63, 3.8) is 0 Å². The topological polar surface area (TPSA) is 56.0 Å². The summed E-state index contributed by atoms with van der Waals surface area (Å²) in [6.07, 6.45) is 1.75. The molecule has 3 nitrogen and oxygen atoms in total. The summed E-state index contributed by atoms with van der Waals surface area (Å²) in [5, 5.41) is 22.3. The van der Waals surface area contributed by atoms with Gasteiger partial charge >= 0.3 is 0 Å². The van der Waals surface area contributed by atoms with Gasteiger partial charge in [0.05, 0.1) is 12.2 Å². The van der Waals surface area contributed by atoms with Gasteiger partial charge in [0.1, 0.15) is 0 Å². The standard InChI is InChI=1S/C17H26N2O/c1-14(19-13-17(2,3)10-7-11-18)12-16(20)15-8-5-4-6-9-15/h4-6,8-9,14,16,19-20H,7,10,12-13H2,1-3H3. The minimum atomic E-state index is -0.430. The molecule has 0 radical (unpaired) electrons. The number of nitrogens with one attached hydrogen (secondary N) is 1. The molecule has 2 atom stereocenters. The number of aliphatic hydroxyl groups is 1. The first kappa shape index (κ1) is 16.7. The molecule has 0 spiro atoms. The fraction of sp³-hybridized carbons (Fsp3) is 0.588. The number of hydrogen-bond acceptors (Lipinski definition) is 3. The van der Waals surface area contributed by atoms with Crippen molar-refractivity contribution in [2.45, 2.75) is 52.2 Å². The zero-order valence-electron chi connectivity index (χ0n) is 12.8. The average molecular weight is 274 g/mol. The lowest BCUT2D eigenvalue weighted by Crippen LogP contribution is -2.36. The highest BCUT2D eigenvalue weighted by molar-refractivity contribution is 5.17. The van der Waals surface area contributed by atoms with E-state index in [-0.39, 0.29) is 11.5 Å². The van der Waals surface area contributed by atoms with Gasteiger partial charge in [0.2, 0.25) is 0 Å². The Bertz CT molecular complexity index is 422. The number of benzene rings is 1. The number of hydrogen-bond donors (Lipinski definition) is 2. The molecule has 1 rings (SSSR count). The van der Waals surface area contributed by atoms with Gasteiger partial charge in [-0.1, -0.05) is 44.2 Å². The van der Waals surface area contributed by atoms with E-state index in [4.69, 9.17) is 5.26 Å². The highest BCUT2D eigenvalue weighted by Crippen LogP contribution is 2.22. The molecule has 0 aliphatic heterocycles. The van der Waals surface area contributed by atoms with E-state index in [1.54, 1.807) is 0 Å². The average Bonchev–Trinajstić information content (AvgIpc) is 2.44. The lowest BCUT2D eigenvalue weighted by Gasteiger charge is -2.27. The number of nitrogens with zero attached hydrogens (tertiary/aromatic N) is 1. The van der Waals surface area contributed by atoms with Crippen LogP contribution in [0, 0.1) is 16.7 Å². The molecule has 2 N–H and O–H groups in total. The molecule has 3 heteroatoms. The summed E-state index contributed by atoms with van der Waals surface area (Å²) in [7, 11) is 0. The maximum atomic E-state index is 10.2. The maximum absolute atomic E-state index is 10.2. The van der Waals surface area contributed by atoms with Crippen LogP contribution in [0.1, 0.15) is 51.7 Å². The summed E-state index contributed by atoms with van der Waals surface area (Å²) in [5.74, 6) is 0. The summed E-state index contributed by atoms with van der Waals surface area (Å²) >= 11 is 0. The molecule has 0 aromatic heterocycles. The van der Waals surface area contributed by atoms with E-state index in [1.165, 1.54) is 0 Å². The molecule has 0 saturated heterocycles. The second-order valence-corrected chi connectivity index (χ2v) is 6.27. The molecule has 0 heterocycles. The molecule has 110 valence electrons. The molecule has 2 unspecified atom stereocenters. The summed E-state index contributed by atoms with van der Waals surface area (Å²) in [5.41, 5.74) is 1.08. The molecule has 0 bridgehead atoms. The van der Waals surface area contributed by atoms with Gasteiger partial charge < -0.3 is 10.4 Å². The Balaban J connectivity index is 2.37. The van der Waals surface area contributed by atoms with E-state index in [2.05, 4.69) is 32.2 Å². The van der Waals surface area contributed by atoms with E-state index >= 15 is 0 Å². The van der Waals surface area contributed by atoms with Crippen LogP contribution in [0.4, 0.5) is 0 Å². The van der Waals surface area contributed by atoms with Crippen LogP contribution in [-0.4, -0.2) is 17.7 Å². The Labute approximate surface area is 122 Å². The Morgan fingerprint density at radius 2 is 1.95 bits per heavy atom. The predicted molar refractivity (Wildman–Crippen MR) is 82.1 cm³/mol. The maximum Gasteiger partial charge on any atom is 0.0804 e. The van der Waals surface area contributed by atoms with Crippen molar-refractivity contribution in [1.82, 2.24) is 5.32 Å². The summed E-state index contributed by atoms with van der Waals surface area (Å²) in [6, 6.07) is 12.2. The van der Waals surface area contributed by atoms with E-state index in [1.807, 2.05) is 30.3 Å². The molecule has 1 aromatic carbocycles. The second-order valence-electron chi connectivity index (χ2n) is 6.27. The molecular weight excluding hydrogens is 248 g/mol. The van der Waals surface area contributed by atoms with Crippen molar-refractivity contribution in [2.24, 2.45) is 5.41 Å². The first-order chi connectivity index (χ1) is 9.44. The minimum absolute atomic E-state index is 0.113. The van der Waals surface area contributed by atoms with Crippen LogP contribution in [0.15, 0.2) is 30.3 Å². The third-order valence-corrected chi connectivity index (χ3v) is 3.60. The smallest absolute Gasteiger partial charge is 0.0804 e. The van der Waals surface area contributed by atoms with Gasteiger partial charge in [-0.25, -0.2) is 0 Å². The van der Waals surface area contributed by atoms with Gasteiger partial charge in [-0.15, -0.1) is 0 Å². The van der Waals surface area contributed by atoms with E-state index in [0.717, 1.165) is 18.5 Å². The SMILES string of the molecule is CC(CC(O)c1ccccc1)NCC(C)(C)CCC#N. The van der Waals surface area contributed by atoms with Crippen molar-refractivity contribution in [2.75, 3.05) is 6.54 Å². The predicted octanol–water partition coefficient (Wildman–Crippen LogP) is 3.42. The van der Waals surface area contributed by atoms with Crippen LogP contribution in [0.2, 0.25) is 0 Å². The Morgan fingerprint density at radius 3 is 2.55 bits per heavy atom. The lowest BCUT2D eigenvalue weighted by molar-refractivity contribution is 0.150. The normalized spacial score (nSPS) is 14.6. The zero-order chi connectivity index (χ0) is 15.0. The second kappa shape index (κ2) is 8.04. The number of rotatable bonds is 8. The van der Waals surface area contributed by atoms with Crippen LogP contribution in [0.25, 0.3) is 0 Å². The summed E-state index contributed by atoms with van der Waals surface area (Å²) in [4.78, 5) is 0. The summed E-state index contributed by atoms with van der Waals surface area (Å²) in [6.45, 7) is 7.28. The zero-order valence-corrected chi connectivity index (χ0v) is 12.8. The van der Waals surface area contributed by atoms with Gasteiger partial charge in [-0.3, -0.25) is 0 Å². The highest BCUT2D eigenvalue weighted by atomic mass is 16.3. The van der Waals surface area contributed by atoms with Crippen molar-refractivity contribution >= 4 is 0 Å². The van der Waals surface area contributed by atoms with Crippen LogP contribution >= 0.6 is 0 Å². The van der Waals surface area contributed by atoms with Gasteiger partial charge in [0.15, 0.2) is 0 Å². The van der Waals surface area contributed by atoms with Crippen LogP contribution in [-0.2, 0) is 0 Å². The van der Waals surface area contributed by atoms with E-state index in [0.29, 0.717) is 12.8 Å². The Morgan fingerprint density at radius 1 is 1.30 bits per heavy atom. The minimum Gasteiger partial charge on any atom is -0.388 e. The number of nitriles is 1. The van der Waals surface area contributed by atoms with Crippen molar-refractivity contribution in [3.8, 4) is 6.07 Å². The monoisotopic (exact) mass is 274 g/mol. The summed E-state index contributed by atoms with van der Waals surface area (Å²) < 4.78 is 0. The first-order valence-electron chi connectivity index (χ1n) is 7.28. The van der Waals surface area contributed by atoms with Crippen LogP contribution < -0.4 is 5.32 Å². The molecule has 1 aromatic rings. The van der Waals surface area contributed by atoms with Crippen LogP contribution in [0.3, 0.4) is 0 Å². The van der Waals surface area contributed by atoms with E-state index < -0.39 is 6.10 Å². The largest absolute Gasteiger partial charge is 0.388 e. The molecule has 0 saturated carbocycles. The van der Waals surface area contributed by atoms with Gasteiger partial charge in [-0.05, 0) is 30.7 Å². The third kappa shape index (κ3) is 6.18. The number of aliphatic hydroxyl groups excluding tert-OH is 1. The Kier molecular flexibility index (Phi) is 6.70. The first-order valence-corrected chi connectivity index (χ1v) is 7.28. The van der Waals surface area contributed by atoms with Crippen molar-refractivity contribution in [3.05, 3.63) is 35.9 Å². The van der Waals surface area contributed by atoms with Crippen molar-refractivity contribution in [1.29, 1.82) is 5.26 Å². The lowest BCUT2D eigenvalue weighted by atomic mass is 9.87. The van der Waals surface area contributed by atoms with Gasteiger partial charge in [0.25, 0.3) is 0 Å². The fourth-order valence-corrected chi connectivity index (χ4v) is 2.16. The highest BCUT2D eigenvalue weighted by Gasteiger charge is 2.19. The van der Waals surface area contributed by atoms with E-state index in [9.17, 15) is 5.11 Å². The molecule has 0 aliphatic carbocycles. The van der Waals surface area contributed by atoms with Gasteiger partial charge in [-0.2, -0.15) is 5.26 Å². The fourth-order valence-electron chi connectivity index (χ4n) is 2.16. The molecule has 0 fully saturated rings. The Hall–Kier alpha value is -1.37. The third-order valence-electron chi connectivity index (χ3n) is 3.60. The molecule has 20 heavy (non-hydrogen) atoms. The van der Waals surface area contributed by atoms with Crippen molar-refractivity contribution < 1.29 is 5.11 Å². The quantitative estimate of drug-likeness (QED) is 0.763. The molecular formula is C17H26N2O. The molecule has 0 aliphatic rings. The molecule has 0 amide bonds. The van der Waals surface area contributed by atoms with Crippen LogP contribution in [0.5, 0.6) is 0 Å².